The molecule has 3 aliphatic heterocycles. The molecule has 0 spiro atoms. The van der Waals surface area contributed by atoms with Crippen molar-refractivity contribution in [3.05, 3.63) is 125 Å². The highest BCUT2D eigenvalue weighted by atomic mass is 35.5. The van der Waals surface area contributed by atoms with Crippen molar-refractivity contribution in [2.45, 2.75) is 97.3 Å². The number of rotatable bonds is 15. The fourth-order valence-electron chi connectivity index (χ4n) is 9.55. The van der Waals surface area contributed by atoms with E-state index in [-0.39, 0.29) is 30.2 Å². The van der Waals surface area contributed by atoms with Crippen LogP contribution in [0.1, 0.15) is 82.9 Å². The van der Waals surface area contributed by atoms with Gasteiger partial charge in [-0.3, -0.25) is 24.1 Å². The van der Waals surface area contributed by atoms with Crippen LogP contribution >= 0.6 is 23.8 Å². The van der Waals surface area contributed by atoms with E-state index < -0.39 is 23.0 Å². The number of thiocarbonyl (C=S) groups is 1. The number of oxazole rings is 1. The molecule has 0 radical (unpaired) electrons. The van der Waals surface area contributed by atoms with Crippen molar-refractivity contribution in [1.82, 2.24) is 25.4 Å². The predicted octanol–water partition coefficient (Wildman–Crippen LogP) is 8.92. The van der Waals surface area contributed by atoms with E-state index in [2.05, 4.69) is 56.9 Å². The van der Waals surface area contributed by atoms with Crippen LogP contribution in [0.3, 0.4) is 0 Å². The van der Waals surface area contributed by atoms with E-state index in [1.165, 1.54) is 12.0 Å². The van der Waals surface area contributed by atoms with Gasteiger partial charge >= 0.3 is 0 Å². The number of piperidine rings is 1. The van der Waals surface area contributed by atoms with E-state index in [9.17, 15) is 19.2 Å². The first-order valence-electron chi connectivity index (χ1n) is 23.8. The molecule has 1 aromatic heterocycles. The van der Waals surface area contributed by atoms with E-state index in [4.69, 9.17) is 33.0 Å². The molecule has 69 heavy (non-hydrogen) atoms. The number of halogens is 1. The number of carbonyl (C=O) groups excluding carboxylic acids is 4. The number of hydrogen-bond donors (Lipinski definition) is 2. The van der Waals surface area contributed by atoms with Crippen molar-refractivity contribution in [3.8, 4) is 22.5 Å². The molecule has 3 fully saturated rings. The Labute approximate surface area is 415 Å². The fraction of sp³-hybridized carbons (Fsp3) is 0.407. The minimum absolute atomic E-state index is 0.107. The molecule has 5 aromatic rings. The normalized spacial score (nSPS) is 18.2. The van der Waals surface area contributed by atoms with Crippen LogP contribution in [0, 0.1) is 12.3 Å². The average molecular weight is 973 g/mol. The summed E-state index contributed by atoms with van der Waals surface area (Å²) in [5.74, 6) is 0.175. The number of ether oxygens (including phenoxy) is 1. The smallest absolute Gasteiger partial charge is 0.259 e. The molecule has 2 N–H and O–H groups in total. The third-order valence-corrected chi connectivity index (χ3v) is 14.5. The molecule has 0 bridgehead atoms. The molecule has 4 aromatic carbocycles. The van der Waals surface area contributed by atoms with Gasteiger partial charge in [-0.15, -0.1) is 0 Å². The summed E-state index contributed by atoms with van der Waals surface area (Å²) in [6.45, 7) is 15.0. The van der Waals surface area contributed by atoms with Crippen LogP contribution in [-0.2, 0) is 30.5 Å². The SMILES string of the molecule is Cc1ccc(N2C(=O)C(C)(C)N(c3ccc(-c4ccc(C5CCN(CCOCC(=O)N[C@H](C(=O)N6CCC[C@H]6C(=O)NCc6ccc(-c7cnco7)cc6)C(C)(C)C)CC5)cc4)cc3)C2=S)cc1Cl. The van der Waals surface area contributed by atoms with Crippen LogP contribution in [0.4, 0.5) is 11.4 Å². The van der Waals surface area contributed by atoms with E-state index in [0.717, 1.165) is 59.4 Å². The number of nitrogens with zero attached hydrogens (tertiary/aromatic N) is 5. The first-order valence-corrected chi connectivity index (χ1v) is 24.6. The Balaban J connectivity index is 0.764. The Hall–Kier alpha value is -5.93. The second kappa shape index (κ2) is 21.0. The summed E-state index contributed by atoms with van der Waals surface area (Å²) in [5.41, 5.74) is 6.27. The molecule has 4 amide bonds. The second-order valence-corrected chi connectivity index (χ2v) is 20.7. The van der Waals surface area contributed by atoms with Gasteiger partial charge < -0.3 is 34.5 Å². The van der Waals surface area contributed by atoms with Crippen molar-refractivity contribution in [2.75, 3.05) is 49.2 Å². The zero-order valence-electron chi connectivity index (χ0n) is 40.3. The summed E-state index contributed by atoms with van der Waals surface area (Å²) >= 11 is 12.3. The first kappa shape index (κ1) is 49.5. The lowest BCUT2D eigenvalue weighted by molar-refractivity contribution is -0.144. The Morgan fingerprint density at radius 1 is 0.899 bits per heavy atom. The van der Waals surface area contributed by atoms with Gasteiger partial charge in [0.2, 0.25) is 17.7 Å². The quantitative estimate of drug-likeness (QED) is 0.0772. The molecule has 3 aliphatic rings. The molecular weight excluding hydrogens is 910 g/mol. The lowest BCUT2D eigenvalue weighted by Gasteiger charge is -2.35. The van der Waals surface area contributed by atoms with Crippen LogP contribution in [0.25, 0.3) is 22.5 Å². The van der Waals surface area contributed by atoms with E-state index in [1.54, 1.807) is 22.1 Å². The van der Waals surface area contributed by atoms with Gasteiger partial charge in [0.1, 0.15) is 24.2 Å². The summed E-state index contributed by atoms with van der Waals surface area (Å²) in [6.07, 6.45) is 6.34. The largest absolute Gasteiger partial charge is 0.444 e. The average Bonchev–Trinajstić information content (AvgIpc) is 4.10. The van der Waals surface area contributed by atoms with Gasteiger partial charge in [-0.1, -0.05) is 99.1 Å². The molecule has 8 rings (SSSR count). The van der Waals surface area contributed by atoms with Crippen molar-refractivity contribution in [1.29, 1.82) is 0 Å². The Morgan fingerprint density at radius 2 is 1.55 bits per heavy atom. The maximum absolute atomic E-state index is 14.0. The minimum atomic E-state index is -0.880. The number of aryl methyl sites for hydroxylation is 1. The molecule has 15 heteroatoms. The van der Waals surface area contributed by atoms with E-state index in [0.29, 0.717) is 66.6 Å². The first-order chi connectivity index (χ1) is 33.0. The van der Waals surface area contributed by atoms with Crippen LogP contribution < -0.4 is 20.4 Å². The third-order valence-electron chi connectivity index (χ3n) is 13.7. The summed E-state index contributed by atoms with van der Waals surface area (Å²) < 4.78 is 11.2. The highest BCUT2D eigenvalue weighted by Crippen LogP contribution is 2.39. The van der Waals surface area contributed by atoms with Gasteiger partial charge in [-0.2, -0.15) is 0 Å². The third kappa shape index (κ3) is 11.1. The molecule has 13 nitrogen and oxygen atoms in total. The lowest BCUT2D eigenvalue weighted by atomic mass is 9.85. The van der Waals surface area contributed by atoms with Gasteiger partial charge in [0.25, 0.3) is 5.91 Å². The number of anilines is 2. The summed E-state index contributed by atoms with van der Waals surface area (Å²) in [7, 11) is 0. The van der Waals surface area contributed by atoms with Gasteiger partial charge in [0.05, 0.1) is 18.5 Å². The number of nitrogens with one attached hydrogen (secondary N) is 2. The molecule has 0 unspecified atom stereocenters. The number of likely N-dealkylation sites (tertiary alicyclic amines) is 2. The number of aromatic nitrogens is 1. The van der Waals surface area contributed by atoms with Gasteiger partial charge in [0, 0.05) is 35.9 Å². The Kier molecular flexibility index (Phi) is 15.0. The maximum Gasteiger partial charge on any atom is 0.259 e. The standard InChI is InChI=1S/C54H62ClN7O6S/c1-35-9-20-43(30-44(35)55)61-51(66)54(5,6)62(52(61)69)42-21-18-39(19-22-42)37-14-16-38(17-15-37)40-23-26-59(27-24-40)28-29-67-33-47(63)58-48(53(2,3)4)50(65)60-25-7-8-45(60)49(64)57-31-36-10-12-41(13-11-36)46-32-56-34-68-46/h9-22,30,32,34,40,45,48H,7-8,23-29,31,33H2,1-6H3,(H,57,64)(H,58,63)/t45-,48+/m0/s1. The highest BCUT2D eigenvalue weighted by Gasteiger charge is 2.50. The van der Waals surface area contributed by atoms with Gasteiger partial charge in [0.15, 0.2) is 17.3 Å². The van der Waals surface area contributed by atoms with Crippen LogP contribution in [0.15, 0.2) is 108 Å². The Bertz CT molecular complexity index is 2640. The molecule has 0 saturated carbocycles. The monoisotopic (exact) mass is 971 g/mol. The summed E-state index contributed by atoms with van der Waals surface area (Å²) in [4.78, 5) is 65.7. The molecule has 0 aliphatic carbocycles. The lowest BCUT2D eigenvalue weighted by Crippen LogP contribution is -2.58. The molecule has 362 valence electrons. The maximum atomic E-state index is 14.0. The van der Waals surface area contributed by atoms with Crippen LogP contribution in [0.5, 0.6) is 0 Å². The van der Waals surface area contributed by atoms with Gasteiger partial charge in [-0.25, -0.2) is 4.98 Å². The summed E-state index contributed by atoms with van der Waals surface area (Å²) in [5, 5.41) is 6.94. The molecule has 4 heterocycles. The topological polar surface area (TPSA) is 141 Å². The molecular formula is C54H62ClN7O6S. The highest BCUT2D eigenvalue weighted by molar-refractivity contribution is 7.81. The van der Waals surface area contributed by atoms with E-state index >= 15 is 0 Å². The molecule has 2 atom stereocenters. The van der Waals surface area contributed by atoms with Crippen LogP contribution in [0.2, 0.25) is 5.02 Å². The van der Waals surface area contributed by atoms with Crippen molar-refractivity contribution in [3.63, 3.8) is 0 Å². The number of benzene rings is 4. The number of amides is 4. The van der Waals surface area contributed by atoms with Crippen LogP contribution in [-0.4, -0.2) is 101 Å². The van der Waals surface area contributed by atoms with Crippen molar-refractivity contribution >= 4 is 63.9 Å². The van der Waals surface area contributed by atoms with Crippen molar-refractivity contribution < 1.29 is 28.3 Å². The minimum Gasteiger partial charge on any atom is -0.444 e. The zero-order valence-corrected chi connectivity index (χ0v) is 41.9. The fourth-order valence-corrected chi connectivity index (χ4v) is 10.2. The molecule has 3 saturated heterocycles. The Morgan fingerprint density at radius 3 is 2.19 bits per heavy atom. The van der Waals surface area contributed by atoms with Crippen molar-refractivity contribution in [2.24, 2.45) is 5.41 Å². The predicted molar refractivity (Wildman–Crippen MR) is 274 cm³/mol. The zero-order chi connectivity index (χ0) is 49.0. The van der Waals surface area contributed by atoms with E-state index in [1.807, 2.05) is 95.0 Å². The number of hydrogen-bond acceptors (Lipinski definition) is 9. The summed E-state index contributed by atoms with van der Waals surface area (Å²) in [6, 6.07) is 28.8. The number of carbonyl (C=O) groups is 4. The van der Waals surface area contributed by atoms with Gasteiger partial charge in [-0.05, 0) is 135 Å². The second-order valence-electron chi connectivity index (χ2n) is 19.9.